The van der Waals surface area contributed by atoms with Gasteiger partial charge in [-0.1, -0.05) is 30.3 Å². The third-order valence-electron chi connectivity index (χ3n) is 2.69. The maximum atomic E-state index is 11.3. The van der Waals surface area contributed by atoms with Crippen LogP contribution in [-0.2, 0) is 4.79 Å². The summed E-state index contributed by atoms with van der Waals surface area (Å²) in [7, 11) is 0. The lowest BCUT2D eigenvalue weighted by Crippen LogP contribution is -2.30. The van der Waals surface area contributed by atoms with Gasteiger partial charge in [-0.15, -0.1) is 11.6 Å². The number of hydrogen-bond donors (Lipinski definition) is 1. The SMILES string of the molecule is O=C(CCl)N[C@@H](c1ccccc1)C1CC1. The Bertz CT molecular complexity index is 335. The van der Waals surface area contributed by atoms with Crippen LogP contribution in [0.4, 0.5) is 0 Å². The summed E-state index contributed by atoms with van der Waals surface area (Å²) >= 11 is 5.50. The Balaban J connectivity index is 2.10. The van der Waals surface area contributed by atoms with E-state index >= 15 is 0 Å². The Morgan fingerprint density at radius 2 is 2.07 bits per heavy atom. The molecule has 1 atom stereocenters. The maximum absolute atomic E-state index is 11.3. The van der Waals surface area contributed by atoms with Crippen LogP contribution in [0.5, 0.6) is 0 Å². The number of halogens is 1. The molecule has 1 aromatic carbocycles. The summed E-state index contributed by atoms with van der Waals surface area (Å²) in [6.07, 6.45) is 2.39. The predicted molar refractivity (Wildman–Crippen MR) is 60.8 cm³/mol. The van der Waals surface area contributed by atoms with Gasteiger partial charge in [0.15, 0.2) is 0 Å². The van der Waals surface area contributed by atoms with E-state index in [9.17, 15) is 4.79 Å². The largest absolute Gasteiger partial charge is 0.348 e. The average Bonchev–Trinajstić information content (AvgIpc) is 3.10. The molecule has 0 saturated heterocycles. The lowest BCUT2D eigenvalue weighted by atomic mass is 10.0. The van der Waals surface area contributed by atoms with Crippen molar-refractivity contribution >= 4 is 17.5 Å². The van der Waals surface area contributed by atoms with Crippen LogP contribution in [0.15, 0.2) is 30.3 Å². The van der Waals surface area contributed by atoms with Gasteiger partial charge in [0.05, 0.1) is 6.04 Å². The zero-order valence-electron chi connectivity index (χ0n) is 8.45. The fourth-order valence-corrected chi connectivity index (χ4v) is 1.85. The molecule has 1 saturated carbocycles. The molecule has 0 aliphatic heterocycles. The van der Waals surface area contributed by atoms with Crippen molar-refractivity contribution in [2.45, 2.75) is 18.9 Å². The first kappa shape index (κ1) is 10.5. The quantitative estimate of drug-likeness (QED) is 0.781. The van der Waals surface area contributed by atoms with Crippen LogP contribution in [0.3, 0.4) is 0 Å². The highest BCUT2D eigenvalue weighted by Gasteiger charge is 2.32. The van der Waals surface area contributed by atoms with Crippen LogP contribution in [0.1, 0.15) is 24.4 Å². The standard InChI is InChI=1S/C12H14ClNO/c13-8-11(15)14-12(10-6-7-10)9-4-2-1-3-5-9/h1-5,10,12H,6-8H2,(H,14,15)/t12-/m0/s1. The predicted octanol–water partition coefficient (Wildman–Crippen LogP) is 2.49. The van der Waals surface area contributed by atoms with Crippen LogP contribution in [-0.4, -0.2) is 11.8 Å². The van der Waals surface area contributed by atoms with Crippen molar-refractivity contribution in [2.75, 3.05) is 5.88 Å². The fourth-order valence-electron chi connectivity index (χ4n) is 1.78. The molecule has 15 heavy (non-hydrogen) atoms. The number of alkyl halides is 1. The Morgan fingerprint density at radius 1 is 1.40 bits per heavy atom. The highest BCUT2D eigenvalue weighted by molar-refractivity contribution is 6.27. The third kappa shape index (κ3) is 2.72. The van der Waals surface area contributed by atoms with E-state index < -0.39 is 0 Å². The molecule has 0 unspecified atom stereocenters. The Labute approximate surface area is 94.6 Å². The number of rotatable bonds is 4. The fraction of sp³-hybridized carbons (Fsp3) is 0.417. The van der Waals surface area contributed by atoms with Gasteiger partial charge in [-0.3, -0.25) is 4.79 Å². The number of benzene rings is 1. The summed E-state index contributed by atoms with van der Waals surface area (Å²) in [4.78, 5) is 11.3. The first-order chi connectivity index (χ1) is 7.31. The van der Waals surface area contributed by atoms with Crippen molar-refractivity contribution in [3.63, 3.8) is 0 Å². The summed E-state index contributed by atoms with van der Waals surface area (Å²) in [5.41, 5.74) is 1.18. The van der Waals surface area contributed by atoms with Gasteiger partial charge in [0.1, 0.15) is 5.88 Å². The van der Waals surface area contributed by atoms with Crippen molar-refractivity contribution < 1.29 is 4.79 Å². The molecule has 3 heteroatoms. The Kier molecular flexibility index (Phi) is 3.27. The van der Waals surface area contributed by atoms with Crippen molar-refractivity contribution in [1.82, 2.24) is 5.32 Å². The van der Waals surface area contributed by atoms with Crippen LogP contribution in [0.2, 0.25) is 0 Å². The Morgan fingerprint density at radius 3 is 2.60 bits per heavy atom. The van der Waals surface area contributed by atoms with E-state index in [2.05, 4.69) is 17.4 Å². The summed E-state index contributed by atoms with van der Waals surface area (Å²) in [6, 6.07) is 10.2. The summed E-state index contributed by atoms with van der Waals surface area (Å²) < 4.78 is 0. The number of carbonyl (C=O) groups is 1. The van der Waals surface area contributed by atoms with E-state index in [1.165, 1.54) is 18.4 Å². The molecule has 1 N–H and O–H groups in total. The van der Waals surface area contributed by atoms with Crippen molar-refractivity contribution in [3.05, 3.63) is 35.9 Å². The normalized spacial score (nSPS) is 17.1. The van der Waals surface area contributed by atoms with Gasteiger partial charge in [-0.05, 0) is 24.3 Å². The topological polar surface area (TPSA) is 29.1 Å². The molecule has 2 rings (SSSR count). The molecule has 0 bridgehead atoms. The minimum atomic E-state index is -0.0857. The lowest BCUT2D eigenvalue weighted by Gasteiger charge is -2.17. The van der Waals surface area contributed by atoms with E-state index in [-0.39, 0.29) is 17.8 Å². The van der Waals surface area contributed by atoms with Gasteiger partial charge in [0, 0.05) is 0 Å². The molecule has 0 radical (unpaired) electrons. The summed E-state index contributed by atoms with van der Waals surface area (Å²) in [6.45, 7) is 0. The van der Waals surface area contributed by atoms with Crippen LogP contribution >= 0.6 is 11.6 Å². The van der Waals surface area contributed by atoms with E-state index in [1.807, 2.05) is 18.2 Å². The van der Waals surface area contributed by atoms with Gasteiger partial charge < -0.3 is 5.32 Å². The number of carbonyl (C=O) groups excluding carboxylic acids is 1. The molecule has 0 aromatic heterocycles. The molecule has 0 heterocycles. The highest BCUT2D eigenvalue weighted by Crippen LogP contribution is 2.40. The second-order valence-electron chi connectivity index (χ2n) is 3.93. The van der Waals surface area contributed by atoms with Gasteiger partial charge in [0.25, 0.3) is 0 Å². The van der Waals surface area contributed by atoms with Crippen LogP contribution < -0.4 is 5.32 Å². The van der Waals surface area contributed by atoms with Crippen LogP contribution in [0, 0.1) is 5.92 Å². The van der Waals surface area contributed by atoms with E-state index in [0.29, 0.717) is 5.92 Å². The zero-order chi connectivity index (χ0) is 10.7. The molecule has 1 fully saturated rings. The molecular formula is C12H14ClNO. The number of hydrogen-bond acceptors (Lipinski definition) is 1. The van der Waals surface area contributed by atoms with Crippen molar-refractivity contribution in [3.8, 4) is 0 Å². The zero-order valence-corrected chi connectivity index (χ0v) is 9.20. The highest BCUT2D eigenvalue weighted by atomic mass is 35.5. The molecule has 2 nitrogen and oxygen atoms in total. The van der Waals surface area contributed by atoms with E-state index in [1.54, 1.807) is 0 Å². The first-order valence-corrected chi connectivity index (χ1v) is 5.75. The molecule has 1 amide bonds. The van der Waals surface area contributed by atoms with Crippen molar-refractivity contribution in [2.24, 2.45) is 5.92 Å². The minimum Gasteiger partial charge on any atom is -0.348 e. The molecule has 0 spiro atoms. The minimum absolute atomic E-state index is 0.0378. The Hall–Kier alpha value is -1.02. The third-order valence-corrected chi connectivity index (χ3v) is 2.93. The molecule has 1 aromatic rings. The first-order valence-electron chi connectivity index (χ1n) is 5.21. The second-order valence-corrected chi connectivity index (χ2v) is 4.19. The maximum Gasteiger partial charge on any atom is 0.235 e. The van der Waals surface area contributed by atoms with Crippen molar-refractivity contribution in [1.29, 1.82) is 0 Å². The van der Waals surface area contributed by atoms with Crippen LogP contribution in [0.25, 0.3) is 0 Å². The average molecular weight is 224 g/mol. The van der Waals surface area contributed by atoms with E-state index in [0.717, 1.165) is 0 Å². The number of nitrogens with one attached hydrogen (secondary N) is 1. The summed E-state index contributed by atoms with van der Waals surface area (Å²) in [5.74, 6) is 0.549. The summed E-state index contributed by atoms with van der Waals surface area (Å²) in [5, 5.41) is 2.97. The lowest BCUT2D eigenvalue weighted by molar-refractivity contribution is -0.119. The monoisotopic (exact) mass is 223 g/mol. The molecule has 80 valence electrons. The number of amides is 1. The van der Waals surface area contributed by atoms with Gasteiger partial charge >= 0.3 is 0 Å². The van der Waals surface area contributed by atoms with Gasteiger partial charge in [0.2, 0.25) is 5.91 Å². The molecular weight excluding hydrogens is 210 g/mol. The second kappa shape index (κ2) is 4.67. The van der Waals surface area contributed by atoms with Gasteiger partial charge in [-0.2, -0.15) is 0 Å². The molecule has 1 aliphatic rings. The van der Waals surface area contributed by atoms with Gasteiger partial charge in [-0.25, -0.2) is 0 Å². The van der Waals surface area contributed by atoms with E-state index in [4.69, 9.17) is 11.6 Å². The molecule has 1 aliphatic carbocycles. The smallest absolute Gasteiger partial charge is 0.235 e.